The van der Waals surface area contributed by atoms with Crippen molar-refractivity contribution in [2.45, 2.75) is 31.2 Å². The second-order valence-corrected chi connectivity index (χ2v) is 5.88. The fourth-order valence-corrected chi connectivity index (χ4v) is 3.74. The van der Waals surface area contributed by atoms with Crippen molar-refractivity contribution in [2.75, 3.05) is 6.67 Å². The Bertz CT molecular complexity index is 529. The molecule has 0 amide bonds. The van der Waals surface area contributed by atoms with Crippen LogP contribution in [0.4, 0.5) is 17.6 Å². The van der Waals surface area contributed by atoms with Crippen molar-refractivity contribution >= 4 is 11.9 Å². The van der Waals surface area contributed by atoms with Gasteiger partial charge in [-0.3, -0.25) is 9.18 Å². The van der Waals surface area contributed by atoms with Crippen molar-refractivity contribution in [1.29, 1.82) is 0 Å². The molecule has 116 valence electrons. The first-order valence-electron chi connectivity index (χ1n) is 6.43. The first-order valence-corrected chi connectivity index (χ1v) is 6.43. The number of hydrogen-bond donors (Lipinski definition) is 0. The maximum atomic E-state index is 13.4. The van der Waals surface area contributed by atoms with Crippen LogP contribution in [0, 0.1) is 17.3 Å². The molecular formula is C13H12F4O4. The Morgan fingerprint density at radius 1 is 1.43 bits per heavy atom. The Hall–Kier alpha value is -1.60. The summed E-state index contributed by atoms with van der Waals surface area (Å²) in [5.74, 6) is -2.86. The van der Waals surface area contributed by atoms with E-state index in [4.69, 9.17) is 9.47 Å². The smallest absolute Gasteiger partial charge is 0.422 e. The molecule has 1 heterocycles. The SMILES string of the molecule is C=C(C(=O)OC1C2OC(=O)C3CC1(CF)CC32)C(F)(F)F. The van der Waals surface area contributed by atoms with E-state index in [9.17, 15) is 27.2 Å². The summed E-state index contributed by atoms with van der Waals surface area (Å²) < 4.78 is 60.6. The number of carbonyl (C=O) groups is 2. The van der Waals surface area contributed by atoms with E-state index < -0.39 is 53.9 Å². The molecule has 2 saturated carbocycles. The number of hydrogen-bond acceptors (Lipinski definition) is 4. The van der Waals surface area contributed by atoms with Crippen LogP contribution < -0.4 is 0 Å². The minimum absolute atomic E-state index is 0.139. The lowest BCUT2D eigenvalue weighted by molar-refractivity contribution is -0.171. The molecule has 2 aliphatic carbocycles. The summed E-state index contributed by atoms with van der Waals surface area (Å²) in [4.78, 5) is 23.1. The van der Waals surface area contributed by atoms with Gasteiger partial charge in [0, 0.05) is 11.3 Å². The number of halogens is 4. The van der Waals surface area contributed by atoms with Crippen LogP contribution in [-0.2, 0) is 19.1 Å². The van der Waals surface area contributed by atoms with E-state index in [1.54, 1.807) is 0 Å². The molecule has 0 N–H and O–H groups in total. The van der Waals surface area contributed by atoms with Gasteiger partial charge in [-0.25, -0.2) is 4.79 Å². The number of carbonyl (C=O) groups excluding carboxylic acids is 2. The monoisotopic (exact) mass is 308 g/mol. The molecule has 4 nitrogen and oxygen atoms in total. The zero-order chi connectivity index (χ0) is 15.6. The highest BCUT2D eigenvalue weighted by Gasteiger charge is 2.70. The highest BCUT2D eigenvalue weighted by atomic mass is 19.4. The molecule has 3 aliphatic rings. The minimum Gasteiger partial charge on any atom is -0.458 e. The summed E-state index contributed by atoms with van der Waals surface area (Å²) in [6.45, 7) is 1.78. The predicted molar refractivity (Wildman–Crippen MR) is 59.6 cm³/mol. The molecule has 5 atom stereocenters. The van der Waals surface area contributed by atoms with E-state index in [0.717, 1.165) is 0 Å². The molecule has 2 bridgehead atoms. The summed E-state index contributed by atoms with van der Waals surface area (Å²) in [5.41, 5.74) is -2.77. The van der Waals surface area contributed by atoms with Gasteiger partial charge in [-0.05, 0) is 12.8 Å². The van der Waals surface area contributed by atoms with E-state index in [1.165, 1.54) is 0 Å². The molecule has 0 aromatic rings. The molecule has 3 fully saturated rings. The zero-order valence-electron chi connectivity index (χ0n) is 10.8. The lowest BCUT2D eigenvalue weighted by Gasteiger charge is -2.33. The number of rotatable bonds is 3. The molecule has 8 heteroatoms. The minimum atomic E-state index is -4.91. The molecule has 1 saturated heterocycles. The van der Waals surface area contributed by atoms with Gasteiger partial charge in [0.2, 0.25) is 0 Å². The number of alkyl halides is 4. The Morgan fingerprint density at radius 2 is 2.10 bits per heavy atom. The number of ether oxygens (including phenoxy) is 2. The van der Waals surface area contributed by atoms with Crippen molar-refractivity contribution < 1.29 is 36.6 Å². The van der Waals surface area contributed by atoms with Crippen LogP contribution in [0.3, 0.4) is 0 Å². The first kappa shape index (κ1) is 14.3. The van der Waals surface area contributed by atoms with E-state index >= 15 is 0 Å². The highest BCUT2D eigenvalue weighted by Crippen LogP contribution is 2.62. The fourth-order valence-electron chi connectivity index (χ4n) is 3.74. The van der Waals surface area contributed by atoms with Crippen LogP contribution in [0.5, 0.6) is 0 Å². The summed E-state index contributed by atoms with van der Waals surface area (Å²) in [6, 6.07) is 0. The summed E-state index contributed by atoms with van der Waals surface area (Å²) in [7, 11) is 0. The third-order valence-corrected chi connectivity index (χ3v) is 4.75. The Balaban J connectivity index is 1.81. The molecule has 0 aromatic carbocycles. The van der Waals surface area contributed by atoms with Gasteiger partial charge in [0.25, 0.3) is 0 Å². The lowest BCUT2D eigenvalue weighted by Crippen LogP contribution is -2.44. The molecule has 0 spiro atoms. The normalized spacial score (nSPS) is 40.3. The molecule has 1 aliphatic heterocycles. The Labute approximate surface area is 117 Å². The van der Waals surface area contributed by atoms with Gasteiger partial charge in [-0.15, -0.1) is 0 Å². The van der Waals surface area contributed by atoms with Gasteiger partial charge < -0.3 is 9.47 Å². The maximum Gasteiger partial charge on any atom is 0.422 e. The van der Waals surface area contributed by atoms with Gasteiger partial charge in [0.05, 0.1) is 12.6 Å². The standard InChI is InChI=1S/C13H12F4O4/c1-5(13(15,16)17)10(18)21-9-8-6-2-12(9,4-14)3-7(6)11(19)20-8/h6-9H,1-4H2. The molecule has 21 heavy (non-hydrogen) atoms. The van der Waals surface area contributed by atoms with Crippen molar-refractivity contribution in [2.24, 2.45) is 17.3 Å². The van der Waals surface area contributed by atoms with Crippen LogP contribution in [0.15, 0.2) is 12.2 Å². The average Bonchev–Trinajstić information content (AvgIpc) is 2.98. The molecule has 0 aromatic heterocycles. The fraction of sp³-hybridized carbons (Fsp3) is 0.692. The molecule has 3 rings (SSSR count). The third-order valence-electron chi connectivity index (χ3n) is 4.75. The van der Waals surface area contributed by atoms with Crippen molar-refractivity contribution in [3.05, 3.63) is 12.2 Å². The van der Waals surface area contributed by atoms with Crippen molar-refractivity contribution in [3.63, 3.8) is 0 Å². The van der Waals surface area contributed by atoms with Crippen molar-refractivity contribution in [1.82, 2.24) is 0 Å². The zero-order valence-corrected chi connectivity index (χ0v) is 10.8. The number of esters is 2. The summed E-state index contributed by atoms with van der Waals surface area (Å²) in [6.07, 6.45) is -6.52. The van der Waals surface area contributed by atoms with Crippen LogP contribution in [0.25, 0.3) is 0 Å². The van der Waals surface area contributed by atoms with Crippen molar-refractivity contribution in [3.8, 4) is 0 Å². The second kappa shape index (κ2) is 4.20. The van der Waals surface area contributed by atoms with E-state index in [1.807, 2.05) is 0 Å². The van der Waals surface area contributed by atoms with Gasteiger partial charge in [0.15, 0.2) is 0 Å². The third kappa shape index (κ3) is 1.87. The quantitative estimate of drug-likeness (QED) is 0.454. The molecular weight excluding hydrogens is 296 g/mol. The largest absolute Gasteiger partial charge is 0.458 e. The van der Waals surface area contributed by atoms with Gasteiger partial charge in [0.1, 0.15) is 17.8 Å². The summed E-state index contributed by atoms with van der Waals surface area (Å²) in [5, 5.41) is 0. The average molecular weight is 308 g/mol. The van der Waals surface area contributed by atoms with E-state index in [2.05, 4.69) is 6.58 Å². The lowest BCUT2D eigenvalue weighted by atomic mass is 9.79. The Morgan fingerprint density at radius 3 is 2.67 bits per heavy atom. The molecule has 0 radical (unpaired) electrons. The molecule has 5 unspecified atom stereocenters. The van der Waals surface area contributed by atoms with E-state index in [0.29, 0.717) is 0 Å². The Kier molecular flexibility index (Phi) is 2.87. The first-order chi connectivity index (χ1) is 9.69. The van der Waals surface area contributed by atoms with Crippen LogP contribution in [-0.4, -0.2) is 37.0 Å². The highest BCUT2D eigenvalue weighted by molar-refractivity contribution is 5.89. The van der Waals surface area contributed by atoms with Gasteiger partial charge in [-0.2, -0.15) is 13.2 Å². The topological polar surface area (TPSA) is 52.6 Å². The van der Waals surface area contributed by atoms with Crippen LogP contribution in [0.1, 0.15) is 12.8 Å². The predicted octanol–water partition coefficient (Wildman–Crippen LogP) is 1.94. The maximum absolute atomic E-state index is 13.4. The van der Waals surface area contributed by atoms with Crippen LogP contribution >= 0.6 is 0 Å². The van der Waals surface area contributed by atoms with Crippen LogP contribution in [0.2, 0.25) is 0 Å². The van der Waals surface area contributed by atoms with Gasteiger partial charge in [-0.1, -0.05) is 6.58 Å². The van der Waals surface area contributed by atoms with Gasteiger partial charge >= 0.3 is 18.1 Å². The number of fused-ring (bicyclic) bond motifs is 1. The van der Waals surface area contributed by atoms with E-state index in [-0.39, 0.29) is 18.8 Å². The second-order valence-electron chi connectivity index (χ2n) is 5.88. The summed E-state index contributed by atoms with van der Waals surface area (Å²) >= 11 is 0.